The maximum Gasteiger partial charge on any atom is 0.223 e. The van der Waals surface area contributed by atoms with Gasteiger partial charge in [0.05, 0.1) is 6.61 Å². The predicted molar refractivity (Wildman–Crippen MR) is 72.6 cm³/mol. The Balaban J connectivity index is 2.14. The minimum atomic E-state index is 0.168. The lowest BCUT2D eigenvalue weighted by atomic mass is 10.3. The molecule has 0 fully saturated rings. The van der Waals surface area contributed by atoms with Crippen molar-refractivity contribution < 1.29 is 9.53 Å². The van der Waals surface area contributed by atoms with Gasteiger partial charge in [-0.25, -0.2) is 0 Å². The largest absolute Gasteiger partial charge is 0.494 e. The average molecular weight is 300 g/mol. The molecule has 0 aliphatic heterocycles. The van der Waals surface area contributed by atoms with E-state index in [1.165, 1.54) is 0 Å². The SMILES string of the molecule is CN(CCCOc1ccccc1)C(=O)CCBr. The first-order chi connectivity index (χ1) is 8.24. The van der Waals surface area contributed by atoms with E-state index in [1.54, 1.807) is 4.90 Å². The first kappa shape index (κ1) is 14.0. The van der Waals surface area contributed by atoms with Crippen LogP contribution in [0.5, 0.6) is 5.75 Å². The molecule has 17 heavy (non-hydrogen) atoms. The Kier molecular flexibility index (Phi) is 6.70. The normalized spacial score (nSPS) is 10.0. The number of ether oxygens (including phenoxy) is 1. The highest BCUT2D eigenvalue weighted by Crippen LogP contribution is 2.08. The van der Waals surface area contributed by atoms with Crippen molar-refractivity contribution in [1.29, 1.82) is 0 Å². The molecular formula is C13H18BrNO2. The van der Waals surface area contributed by atoms with Gasteiger partial charge < -0.3 is 9.64 Å². The fourth-order valence-corrected chi connectivity index (χ4v) is 1.74. The molecular weight excluding hydrogens is 282 g/mol. The van der Waals surface area contributed by atoms with Crippen molar-refractivity contribution in [1.82, 2.24) is 4.90 Å². The molecule has 4 heteroatoms. The molecule has 0 saturated carbocycles. The maximum atomic E-state index is 11.5. The quantitative estimate of drug-likeness (QED) is 0.572. The van der Waals surface area contributed by atoms with E-state index in [4.69, 9.17) is 4.74 Å². The summed E-state index contributed by atoms with van der Waals surface area (Å²) in [5.41, 5.74) is 0. The summed E-state index contributed by atoms with van der Waals surface area (Å²) in [5, 5.41) is 0.719. The molecule has 0 aliphatic rings. The van der Waals surface area contributed by atoms with Crippen LogP contribution in [0.4, 0.5) is 0 Å². The number of benzene rings is 1. The molecule has 94 valence electrons. The third-order valence-electron chi connectivity index (χ3n) is 2.38. The smallest absolute Gasteiger partial charge is 0.223 e. The number of carbonyl (C=O) groups excluding carboxylic acids is 1. The first-order valence-electron chi connectivity index (χ1n) is 5.72. The van der Waals surface area contributed by atoms with E-state index in [1.807, 2.05) is 37.4 Å². The van der Waals surface area contributed by atoms with E-state index >= 15 is 0 Å². The Morgan fingerprint density at radius 3 is 2.71 bits per heavy atom. The van der Waals surface area contributed by atoms with Crippen LogP contribution in [0.3, 0.4) is 0 Å². The number of amides is 1. The maximum absolute atomic E-state index is 11.5. The van der Waals surface area contributed by atoms with Crippen LogP contribution in [0, 0.1) is 0 Å². The highest BCUT2D eigenvalue weighted by atomic mass is 79.9. The minimum absolute atomic E-state index is 0.168. The molecule has 3 nitrogen and oxygen atoms in total. The van der Waals surface area contributed by atoms with Crippen LogP contribution in [-0.4, -0.2) is 36.3 Å². The summed E-state index contributed by atoms with van der Waals surface area (Å²) in [5.74, 6) is 1.04. The molecule has 0 aliphatic carbocycles. The Hall–Kier alpha value is -1.03. The zero-order valence-electron chi connectivity index (χ0n) is 10.1. The van der Waals surface area contributed by atoms with E-state index in [0.717, 1.165) is 24.0 Å². The molecule has 0 unspecified atom stereocenters. The van der Waals surface area contributed by atoms with E-state index in [0.29, 0.717) is 13.0 Å². The van der Waals surface area contributed by atoms with Crippen LogP contribution in [-0.2, 0) is 4.79 Å². The lowest BCUT2D eigenvalue weighted by molar-refractivity contribution is -0.129. The minimum Gasteiger partial charge on any atom is -0.494 e. The Morgan fingerprint density at radius 1 is 1.35 bits per heavy atom. The van der Waals surface area contributed by atoms with E-state index < -0.39 is 0 Å². The third kappa shape index (κ3) is 5.73. The van der Waals surface area contributed by atoms with Crippen molar-refractivity contribution in [3.05, 3.63) is 30.3 Å². The summed E-state index contributed by atoms with van der Waals surface area (Å²) in [7, 11) is 1.83. The van der Waals surface area contributed by atoms with Crippen LogP contribution < -0.4 is 4.74 Å². The van der Waals surface area contributed by atoms with Crippen LogP contribution in [0.15, 0.2) is 30.3 Å². The van der Waals surface area contributed by atoms with E-state index in [-0.39, 0.29) is 5.91 Å². The van der Waals surface area contributed by atoms with Crippen molar-refractivity contribution in [3.63, 3.8) is 0 Å². The molecule has 0 spiro atoms. The summed E-state index contributed by atoms with van der Waals surface area (Å²) >= 11 is 3.26. The Morgan fingerprint density at radius 2 is 2.06 bits per heavy atom. The Bertz CT molecular complexity index is 329. The highest BCUT2D eigenvalue weighted by Gasteiger charge is 2.06. The van der Waals surface area contributed by atoms with Gasteiger partial charge in [0.2, 0.25) is 5.91 Å². The number of hydrogen-bond acceptors (Lipinski definition) is 2. The second-order valence-electron chi connectivity index (χ2n) is 3.77. The molecule has 0 bridgehead atoms. The zero-order valence-corrected chi connectivity index (χ0v) is 11.6. The van der Waals surface area contributed by atoms with Gasteiger partial charge in [0.25, 0.3) is 0 Å². The van der Waals surface area contributed by atoms with Crippen LogP contribution >= 0.6 is 15.9 Å². The number of halogens is 1. The number of alkyl halides is 1. The van der Waals surface area contributed by atoms with Gasteiger partial charge >= 0.3 is 0 Å². The van der Waals surface area contributed by atoms with Crippen molar-refractivity contribution >= 4 is 21.8 Å². The topological polar surface area (TPSA) is 29.5 Å². The number of nitrogens with zero attached hydrogens (tertiary/aromatic N) is 1. The first-order valence-corrected chi connectivity index (χ1v) is 6.84. The fourth-order valence-electron chi connectivity index (χ4n) is 1.40. The van der Waals surface area contributed by atoms with Gasteiger partial charge in [-0.05, 0) is 18.6 Å². The summed E-state index contributed by atoms with van der Waals surface area (Å²) in [6.07, 6.45) is 1.40. The van der Waals surface area contributed by atoms with Gasteiger partial charge in [-0.3, -0.25) is 4.79 Å². The number of hydrogen-bond donors (Lipinski definition) is 0. The van der Waals surface area contributed by atoms with Gasteiger partial charge in [-0.2, -0.15) is 0 Å². The molecule has 0 N–H and O–H groups in total. The average Bonchev–Trinajstić information content (AvgIpc) is 2.36. The summed E-state index contributed by atoms with van der Waals surface area (Å²) < 4.78 is 5.55. The molecule has 0 heterocycles. The fraction of sp³-hybridized carbons (Fsp3) is 0.462. The molecule has 1 amide bonds. The molecule has 1 aromatic rings. The predicted octanol–water partition coefficient (Wildman–Crippen LogP) is 2.70. The van der Waals surface area contributed by atoms with Gasteiger partial charge in [0.1, 0.15) is 5.75 Å². The zero-order chi connectivity index (χ0) is 12.5. The van der Waals surface area contributed by atoms with Crippen LogP contribution in [0.2, 0.25) is 0 Å². The molecule has 1 rings (SSSR count). The molecule has 0 radical (unpaired) electrons. The summed E-state index contributed by atoms with van der Waals surface area (Å²) in [6, 6.07) is 9.71. The molecule has 0 atom stereocenters. The number of rotatable bonds is 7. The Labute approximate surface area is 111 Å². The lowest BCUT2D eigenvalue weighted by Crippen LogP contribution is -2.28. The van der Waals surface area contributed by atoms with Gasteiger partial charge in [0, 0.05) is 25.3 Å². The van der Waals surface area contributed by atoms with Gasteiger partial charge in [-0.1, -0.05) is 34.1 Å². The van der Waals surface area contributed by atoms with Crippen molar-refractivity contribution in [3.8, 4) is 5.75 Å². The van der Waals surface area contributed by atoms with Crippen LogP contribution in [0.25, 0.3) is 0 Å². The second-order valence-corrected chi connectivity index (χ2v) is 4.56. The summed E-state index contributed by atoms with van der Waals surface area (Å²) in [4.78, 5) is 13.2. The molecule has 1 aromatic carbocycles. The van der Waals surface area contributed by atoms with Crippen molar-refractivity contribution in [2.24, 2.45) is 0 Å². The van der Waals surface area contributed by atoms with E-state index in [9.17, 15) is 4.79 Å². The molecule has 0 aromatic heterocycles. The van der Waals surface area contributed by atoms with Gasteiger partial charge in [-0.15, -0.1) is 0 Å². The van der Waals surface area contributed by atoms with E-state index in [2.05, 4.69) is 15.9 Å². The summed E-state index contributed by atoms with van der Waals surface area (Å²) in [6.45, 7) is 1.37. The van der Waals surface area contributed by atoms with Gasteiger partial charge in [0.15, 0.2) is 0 Å². The lowest BCUT2D eigenvalue weighted by Gasteiger charge is -2.16. The monoisotopic (exact) mass is 299 g/mol. The second kappa shape index (κ2) is 8.12. The highest BCUT2D eigenvalue weighted by molar-refractivity contribution is 9.09. The standard InChI is InChI=1S/C13H18BrNO2/c1-15(13(16)8-9-14)10-5-11-17-12-6-3-2-4-7-12/h2-4,6-7H,5,8-11H2,1H3. The van der Waals surface area contributed by atoms with Crippen LogP contribution in [0.1, 0.15) is 12.8 Å². The number of carbonyl (C=O) groups is 1. The number of para-hydroxylation sites is 1. The van der Waals surface area contributed by atoms with Crippen molar-refractivity contribution in [2.45, 2.75) is 12.8 Å². The third-order valence-corrected chi connectivity index (χ3v) is 2.78. The van der Waals surface area contributed by atoms with Crippen molar-refractivity contribution in [2.75, 3.05) is 25.5 Å². The molecule has 0 saturated heterocycles.